The standard InChI is InChI=1S/C25H45NO6/c1-2-3-4-5-6-7-8-9-10-11-12-13-14-15-19-26(20-16-23(27)28,21-17-24(29)30)22-18-25(31)32/h14-15H,2-13,16-22H2,1H3,(H2-,27,28,29,30,31,32)/p+1/b15-14+. The largest absolute Gasteiger partial charge is 0.481 e. The third-order valence-corrected chi connectivity index (χ3v) is 6.03. The molecule has 7 heteroatoms. The van der Waals surface area contributed by atoms with Crippen LogP contribution in [0.2, 0.25) is 0 Å². The van der Waals surface area contributed by atoms with Crippen LogP contribution < -0.4 is 0 Å². The van der Waals surface area contributed by atoms with Crippen molar-refractivity contribution in [2.45, 2.75) is 103 Å². The second-order valence-corrected chi connectivity index (χ2v) is 8.92. The number of carboxylic acid groups (broad SMARTS) is 3. The normalized spacial score (nSPS) is 11.8. The van der Waals surface area contributed by atoms with Gasteiger partial charge in [0.2, 0.25) is 0 Å². The number of carbonyl (C=O) groups is 3. The Labute approximate surface area is 194 Å². The van der Waals surface area contributed by atoms with Crippen molar-refractivity contribution in [1.82, 2.24) is 0 Å². The summed E-state index contributed by atoms with van der Waals surface area (Å²) in [7, 11) is 0. The Morgan fingerprint density at radius 1 is 0.594 bits per heavy atom. The maximum Gasteiger partial charge on any atom is 0.309 e. The van der Waals surface area contributed by atoms with Crippen LogP contribution in [-0.2, 0) is 14.4 Å². The lowest BCUT2D eigenvalue weighted by atomic mass is 10.1. The van der Waals surface area contributed by atoms with Crippen LogP contribution in [0.15, 0.2) is 12.2 Å². The molecule has 0 aromatic heterocycles. The highest BCUT2D eigenvalue weighted by Crippen LogP contribution is 2.15. The molecule has 32 heavy (non-hydrogen) atoms. The van der Waals surface area contributed by atoms with Crippen molar-refractivity contribution in [3.8, 4) is 0 Å². The van der Waals surface area contributed by atoms with Gasteiger partial charge in [0.25, 0.3) is 0 Å². The number of aliphatic carboxylic acids is 3. The van der Waals surface area contributed by atoms with Gasteiger partial charge in [-0.15, -0.1) is 0 Å². The summed E-state index contributed by atoms with van der Waals surface area (Å²) in [4.78, 5) is 33.2. The Bertz CT molecular complexity index is 501. The lowest BCUT2D eigenvalue weighted by Crippen LogP contribution is -2.51. The predicted molar refractivity (Wildman–Crippen MR) is 127 cm³/mol. The van der Waals surface area contributed by atoms with Crippen molar-refractivity contribution in [2.24, 2.45) is 0 Å². The van der Waals surface area contributed by atoms with Crippen molar-refractivity contribution >= 4 is 17.9 Å². The van der Waals surface area contributed by atoms with Gasteiger partial charge in [-0.2, -0.15) is 0 Å². The molecule has 7 nitrogen and oxygen atoms in total. The van der Waals surface area contributed by atoms with Gasteiger partial charge >= 0.3 is 17.9 Å². The minimum absolute atomic E-state index is 0.105. The lowest BCUT2D eigenvalue weighted by molar-refractivity contribution is -0.921. The fraction of sp³-hybridized carbons (Fsp3) is 0.800. The van der Waals surface area contributed by atoms with E-state index in [1.54, 1.807) is 0 Å². The van der Waals surface area contributed by atoms with Gasteiger partial charge in [-0.25, -0.2) is 0 Å². The Hall–Kier alpha value is -1.89. The zero-order valence-corrected chi connectivity index (χ0v) is 20.1. The third-order valence-electron chi connectivity index (χ3n) is 6.03. The monoisotopic (exact) mass is 456 g/mol. The summed E-state index contributed by atoms with van der Waals surface area (Å²) in [5.74, 6) is -2.87. The van der Waals surface area contributed by atoms with Gasteiger partial charge in [0.05, 0.1) is 45.4 Å². The van der Waals surface area contributed by atoms with Gasteiger partial charge in [-0.1, -0.05) is 77.2 Å². The van der Waals surface area contributed by atoms with Crippen LogP contribution in [0.1, 0.15) is 103 Å². The molecular weight excluding hydrogens is 410 g/mol. The first-order valence-corrected chi connectivity index (χ1v) is 12.5. The molecule has 0 saturated carbocycles. The summed E-state index contributed by atoms with van der Waals surface area (Å²) in [6.45, 7) is 3.41. The van der Waals surface area contributed by atoms with E-state index in [2.05, 4.69) is 13.0 Å². The molecule has 0 aliphatic heterocycles. The maximum atomic E-state index is 11.1. The molecule has 0 saturated heterocycles. The van der Waals surface area contributed by atoms with E-state index in [1.807, 2.05) is 6.08 Å². The van der Waals surface area contributed by atoms with Gasteiger partial charge < -0.3 is 19.8 Å². The highest BCUT2D eigenvalue weighted by Gasteiger charge is 2.28. The first-order chi connectivity index (χ1) is 15.3. The van der Waals surface area contributed by atoms with Crippen LogP contribution in [0.5, 0.6) is 0 Å². The highest BCUT2D eigenvalue weighted by molar-refractivity contribution is 5.67. The molecule has 0 rings (SSSR count). The molecule has 186 valence electrons. The topological polar surface area (TPSA) is 112 Å². The Morgan fingerprint density at radius 3 is 1.34 bits per heavy atom. The van der Waals surface area contributed by atoms with E-state index in [4.69, 9.17) is 15.3 Å². The van der Waals surface area contributed by atoms with Gasteiger partial charge in [0, 0.05) is 0 Å². The predicted octanol–water partition coefficient (Wildman–Crippen LogP) is 5.48. The maximum absolute atomic E-state index is 11.1. The molecule has 0 spiro atoms. The minimum Gasteiger partial charge on any atom is -0.481 e. The van der Waals surface area contributed by atoms with Crippen LogP contribution in [0.4, 0.5) is 0 Å². The van der Waals surface area contributed by atoms with Crippen LogP contribution in [0, 0.1) is 0 Å². The van der Waals surface area contributed by atoms with Crippen LogP contribution in [0.3, 0.4) is 0 Å². The van der Waals surface area contributed by atoms with Gasteiger partial charge in [0.15, 0.2) is 0 Å². The van der Waals surface area contributed by atoms with Gasteiger partial charge in [0.1, 0.15) is 0 Å². The molecule has 0 heterocycles. The zero-order chi connectivity index (χ0) is 24.1. The number of allylic oxidation sites excluding steroid dienone is 1. The van der Waals surface area contributed by atoms with Crippen molar-refractivity contribution in [3.63, 3.8) is 0 Å². The summed E-state index contributed by atoms with van der Waals surface area (Å²) < 4.78 is 0.180. The summed E-state index contributed by atoms with van der Waals surface area (Å²) in [5.41, 5.74) is 0. The molecule has 0 aliphatic rings. The molecule has 0 bridgehead atoms. The van der Waals surface area contributed by atoms with Crippen molar-refractivity contribution in [1.29, 1.82) is 0 Å². The SMILES string of the molecule is CCCCCCCCCCCCC/C=C/C[N+](CCC(=O)O)(CCC(=O)O)CCC(=O)O. The molecule has 0 atom stereocenters. The van der Waals surface area contributed by atoms with E-state index in [-0.39, 0.29) is 43.4 Å². The van der Waals surface area contributed by atoms with Gasteiger partial charge in [-0.05, 0) is 18.9 Å². The van der Waals surface area contributed by atoms with E-state index in [0.29, 0.717) is 6.54 Å². The molecule has 3 N–H and O–H groups in total. The molecule has 0 fully saturated rings. The Kier molecular flexibility index (Phi) is 18.6. The summed E-state index contributed by atoms with van der Waals surface area (Å²) >= 11 is 0. The number of hydrogen-bond donors (Lipinski definition) is 3. The van der Waals surface area contributed by atoms with Crippen LogP contribution >= 0.6 is 0 Å². The van der Waals surface area contributed by atoms with Crippen molar-refractivity contribution in [3.05, 3.63) is 12.2 Å². The Morgan fingerprint density at radius 2 is 0.969 bits per heavy atom. The molecule has 0 amide bonds. The fourth-order valence-corrected chi connectivity index (χ4v) is 3.95. The number of hydrogen-bond acceptors (Lipinski definition) is 3. The lowest BCUT2D eigenvalue weighted by Gasteiger charge is -2.37. The highest BCUT2D eigenvalue weighted by atomic mass is 16.4. The number of nitrogens with zero attached hydrogens (tertiary/aromatic N) is 1. The first kappa shape index (κ1) is 30.1. The Balaban J connectivity index is 4.30. The minimum atomic E-state index is -0.955. The number of unbranched alkanes of at least 4 members (excludes halogenated alkanes) is 11. The zero-order valence-electron chi connectivity index (χ0n) is 20.1. The molecule has 0 unspecified atom stereocenters. The number of quaternary nitrogens is 1. The first-order valence-electron chi connectivity index (χ1n) is 12.5. The van der Waals surface area contributed by atoms with Crippen molar-refractivity contribution in [2.75, 3.05) is 26.2 Å². The van der Waals surface area contributed by atoms with Crippen molar-refractivity contribution < 1.29 is 34.2 Å². The van der Waals surface area contributed by atoms with E-state index in [0.717, 1.165) is 12.8 Å². The number of carboxylic acids is 3. The smallest absolute Gasteiger partial charge is 0.309 e. The van der Waals surface area contributed by atoms with E-state index < -0.39 is 17.9 Å². The van der Waals surface area contributed by atoms with Gasteiger partial charge in [-0.3, -0.25) is 14.4 Å². The van der Waals surface area contributed by atoms with Crippen LogP contribution in [-0.4, -0.2) is 63.9 Å². The molecule has 0 aliphatic carbocycles. The third kappa shape index (κ3) is 18.8. The quantitative estimate of drug-likeness (QED) is 0.107. The van der Waals surface area contributed by atoms with Crippen LogP contribution in [0.25, 0.3) is 0 Å². The summed E-state index contributed by atoms with van der Waals surface area (Å²) in [6, 6.07) is 0. The second-order valence-electron chi connectivity index (χ2n) is 8.92. The average molecular weight is 457 g/mol. The molecular formula is C25H46NO6+. The van der Waals surface area contributed by atoms with E-state index in [9.17, 15) is 14.4 Å². The van der Waals surface area contributed by atoms with E-state index in [1.165, 1.54) is 64.2 Å². The number of rotatable bonds is 23. The summed E-state index contributed by atoms with van der Waals surface area (Å²) in [5, 5.41) is 27.2. The average Bonchev–Trinajstić information content (AvgIpc) is 2.74. The molecule has 0 radical (unpaired) electrons. The fourth-order valence-electron chi connectivity index (χ4n) is 3.95. The van der Waals surface area contributed by atoms with E-state index >= 15 is 0 Å². The molecule has 0 aromatic rings. The summed E-state index contributed by atoms with van der Waals surface area (Å²) in [6.07, 6.45) is 18.9. The molecule has 0 aromatic carbocycles. The second kappa shape index (κ2) is 19.8.